The van der Waals surface area contributed by atoms with Crippen molar-refractivity contribution in [2.45, 2.75) is 26.4 Å². The Morgan fingerprint density at radius 3 is 2.83 bits per heavy atom. The molecule has 0 bridgehead atoms. The van der Waals surface area contributed by atoms with E-state index >= 15 is 0 Å². The number of carbonyl (C=O) groups is 1. The molecule has 3 rings (SSSR count). The summed E-state index contributed by atoms with van der Waals surface area (Å²) in [5.41, 5.74) is 0.759. The number of hydrogen-bond donors (Lipinski definition) is 1. The lowest BCUT2D eigenvalue weighted by Gasteiger charge is -2.37. The number of nitrogens with zero attached hydrogens (tertiary/aromatic N) is 3. The summed E-state index contributed by atoms with van der Waals surface area (Å²) < 4.78 is 5.04. The van der Waals surface area contributed by atoms with Crippen molar-refractivity contribution in [3.8, 4) is 0 Å². The van der Waals surface area contributed by atoms with Gasteiger partial charge >= 0.3 is 0 Å². The number of hydrogen-bond acceptors (Lipinski definition) is 6. The van der Waals surface area contributed by atoms with Crippen molar-refractivity contribution >= 4 is 23.1 Å². The van der Waals surface area contributed by atoms with Crippen molar-refractivity contribution in [3.63, 3.8) is 0 Å². The Hall–Kier alpha value is -1.70. The minimum Gasteiger partial charge on any atom is -0.338 e. The van der Waals surface area contributed by atoms with E-state index in [9.17, 15) is 4.79 Å². The van der Waals surface area contributed by atoms with Crippen LogP contribution >= 0.6 is 11.3 Å². The third-order valence-corrected chi connectivity index (χ3v) is 5.03. The minimum absolute atomic E-state index is 0.0483. The van der Waals surface area contributed by atoms with Crippen LogP contribution in [-0.4, -0.2) is 53.1 Å². The Morgan fingerprint density at radius 1 is 1.43 bits per heavy atom. The highest BCUT2D eigenvalue weighted by Crippen LogP contribution is 2.15. The van der Waals surface area contributed by atoms with Crippen LogP contribution in [0.2, 0.25) is 0 Å². The Labute approximate surface area is 140 Å². The van der Waals surface area contributed by atoms with E-state index in [4.69, 9.17) is 4.52 Å². The number of rotatable bonds is 5. The highest BCUT2D eigenvalue weighted by molar-refractivity contribution is 7.09. The molecular formula is C16H22N4O2S. The number of aromatic nitrogens is 1. The fraction of sp³-hybridized carbons (Fsp3) is 0.500. The largest absolute Gasteiger partial charge is 0.338 e. The molecule has 1 amide bonds. The number of anilines is 1. The third kappa shape index (κ3) is 4.19. The first-order valence-electron chi connectivity index (χ1n) is 7.85. The normalized spacial score (nSPS) is 18.0. The summed E-state index contributed by atoms with van der Waals surface area (Å²) in [4.78, 5) is 18.3. The van der Waals surface area contributed by atoms with E-state index in [-0.39, 0.29) is 11.9 Å². The third-order valence-electron chi connectivity index (χ3n) is 4.17. The number of amides is 1. The van der Waals surface area contributed by atoms with E-state index in [1.807, 2.05) is 13.8 Å². The van der Waals surface area contributed by atoms with Gasteiger partial charge in [0.25, 0.3) is 0 Å². The Bertz CT molecular complexity index is 632. The molecule has 1 aliphatic heterocycles. The molecule has 0 unspecified atom stereocenters. The summed E-state index contributed by atoms with van der Waals surface area (Å²) in [5.74, 6) is 0.364. The van der Waals surface area contributed by atoms with Gasteiger partial charge in [0.2, 0.25) is 11.8 Å². The predicted molar refractivity (Wildman–Crippen MR) is 90.5 cm³/mol. The molecule has 0 radical (unpaired) electrons. The lowest BCUT2D eigenvalue weighted by Crippen LogP contribution is -2.52. The number of carbonyl (C=O) groups excluding carboxylic acids is 1. The second-order valence-electron chi connectivity index (χ2n) is 5.89. The quantitative estimate of drug-likeness (QED) is 0.908. The van der Waals surface area contributed by atoms with Gasteiger partial charge in [-0.2, -0.15) is 0 Å². The highest BCUT2D eigenvalue weighted by atomic mass is 32.1. The first kappa shape index (κ1) is 16.2. The van der Waals surface area contributed by atoms with Crippen molar-refractivity contribution in [1.29, 1.82) is 0 Å². The van der Waals surface area contributed by atoms with Gasteiger partial charge in [-0.3, -0.25) is 19.9 Å². The van der Waals surface area contributed by atoms with Gasteiger partial charge in [-0.25, -0.2) is 0 Å². The summed E-state index contributed by atoms with van der Waals surface area (Å²) in [7, 11) is 0. The number of thiophene rings is 1. The molecule has 2 aromatic rings. The van der Waals surface area contributed by atoms with Crippen LogP contribution in [0.3, 0.4) is 0 Å². The van der Waals surface area contributed by atoms with E-state index in [1.165, 1.54) is 4.88 Å². The van der Waals surface area contributed by atoms with Gasteiger partial charge in [0, 0.05) is 43.7 Å². The molecule has 2 aromatic heterocycles. The Balaban J connectivity index is 1.47. The lowest BCUT2D eigenvalue weighted by molar-refractivity contribution is -0.121. The predicted octanol–water partition coefficient (Wildman–Crippen LogP) is 2.19. The maximum Gasteiger partial charge on any atom is 0.243 e. The fourth-order valence-corrected chi connectivity index (χ4v) is 3.49. The molecule has 0 aromatic carbocycles. The molecule has 124 valence electrons. The van der Waals surface area contributed by atoms with E-state index in [1.54, 1.807) is 17.4 Å². The molecule has 23 heavy (non-hydrogen) atoms. The zero-order valence-corrected chi connectivity index (χ0v) is 14.3. The van der Waals surface area contributed by atoms with Crippen LogP contribution in [0.1, 0.15) is 17.5 Å². The second-order valence-corrected chi connectivity index (χ2v) is 6.92. The van der Waals surface area contributed by atoms with Crippen molar-refractivity contribution in [2.75, 3.05) is 31.5 Å². The van der Waals surface area contributed by atoms with Crippen LogP contribution in [0.5, 0.6) is 0 Å². The summed E-state index contributed by atoms with van der Waals surface area (Å²) in [5, 5.41) is 8.68. The number of piperazine rings is 1. The smallest absolute Gasteiger partial charge is 0.243 e. The van der Waals surface area contributed by atoms with Gasteiger partial charge in [-0.05, 0) is 25.3 Å². The van der Waals surface area contributed by atoms with Crippen LogP contribution in [0.15, 0.2) is 28.1 Å². The van der Waals surface area contributed by atoms with Crippen molar-refractivity contribution in [2.24, 2.45) is 0 Å². The topological polar surface area (TPSA) is 61.6 Å². The van der Waals surface area contributed by atoms with Gasteiger partial charge in [0.15, 0.2) is 0 Å². The molecule has 1 saturated heterocycles. The average molecular weight is 334 g/mol. The minimum atomic E-state index is -0.177. The summed E-state index contributed by atoms with van der Waals surface area (Å²) in [6, 6.07) is 5.81. The van der Waals surface area contributed by atoms with E-state index in [0.29, 0.717) is 5.88 Å². The van der Waals surface area contributed by atoms with Crippen LogP contribution in [0.4, 0.5) is 5.88 Å². The molecule has 0 spiro atoms. The van der Waals surface area contributed by atoms with Crippen molar-refractivity contribution in [3.05, 3.63) is 34.2 Å². The summed E-state index contributed by atoms with van der Waals surface area (Å²) in [6.07, 6.45) is 0. The van der Waals surface area contributed by atoms with E-state index in [2.05, 4.69) is 37.8 Å². The molecule has 1 atom stereocenters. The van der Waals surface area contributed by atoms with Crippen molar-refractivity contribution in [1.82, 2.24) is 15.0 Å². The summed E-state index contributed by atoms with van der Waals surface area (Å²) >= 11 is 1.80. The molecule has 7 heteroatoms. The lowest BCUT2D eigenvalue weighted by atomic mass is 10.2. The van der Waals surface area contributed by atoms with Crippen LogP contribution in [0.25, 0.3) is 0 Å². The Morgan fingerprint density at radius 2 is 2.22 bits per heavy atom. The first-order valence-corrected chi connectivity index (χ1v) is 8.73. The molecule has 3 heterocycles. The maximum atomic E-state index is 12.3. The summed E-state index contributed by atoms with van der Waals surface area (Å²) in [6.45, 7) is 8.53. The molecule has 1 N–H and O–H groups in total. The van der Waals surface area contributed by atoms with Gasteiger partial charge < -0.3 is 4.52 Å². The number of nitrogens with one attached hydrogen (secondary N) is 1. The molecule has 0 aliphatic carbocycles. The number of aryl methyl sites for hydroxylation is 1. The zero-order chi connectivity index (χ0) is 16.2. The van der Waals surface area contributed by atoms with Gasteiger partial charge in [0.1, 0.15) is 0 Å². The zero-order valence-electron chi connectivity index (χ0n) is 13.5. The van der Waals surface area contributed by atoms with Gasteiger partial charge in [-0.1, -0.05) is 11.2 Å². The SMILES string of the molecule is Cc1cc(NC(=O)[C@H](C)N2CCN(Cc3cccs3)CC2)on1. The highest BCUT2D eigenvalue weighted by Gasteiger charge is 2.26. The maximum absolute atomic E-state index is 12.3. The molecule has 6 nitrogen and oxygen atoms in total. The van der Waals surface area contributed by atoms with Crippen LogP contribution in [0, 0.1) is 6.92 Å². The fourth-order valence-electron chi connectivity index (χ4n) is 2.75. The Kier molecular flexibility index (Phi) is 5.09. The molecule has 1 aliphatic rings. The first-order chi connectivity index (χ1) is 11.1. The van der Waals surface area contributed by atoms with Crippen LogP contribution in [-0.2, 0) is 11.3 Å². The van der Waals surface area contributed by atoms with Gasteiger partial charge in [-0.15, -0.1) is 11.3 Å². The van der Waals surface area contributed by atoms with Crippen LogP contribution < -0.4 is 5.32 Å². The molecular weight excluding hydrogens is 312 g/mol. The van der Waals surface area contributed by atoms with E-state index < -0.39 is 0 Å². The van der Waals surface area contributed by atoms with Crippen molar-refractivity contribution < 1.29 is 9.32 Å². The van der Waals surface area contributed by atoms with Gasteiger partial charge in [0.05, 0.1) is 11.7 Å². The molecule has 0 saturated carbocycles. The second kappa shape index (κ2) is 7.25. The standard InChI is InChI=1S/C16H22N4O2S/c1-12-10-15(22-18-12)17-16(21)13(2)20-7-5-19(6-8-20)11-14-4-3-9-23-14/h3-4,9-10,13H,5-8,11H2,1-2H3,(H,17,21)/t13-/m0/s1. The molecule has 1 fully saturated rings. The monoisotopic (exact) mass is 334 g/mol. The van der Waals surface area contributed by atoms with E-state index in [0.717, 1.165) is 38.4 Å². The average Bonchev–Trinajstić information content (AvgIpc) is 3.19.